The lowest BCUT2D eigenvalue weighted by Gasteiger charge is -2.30. The summed E-state index contributed by atoms with van der Waals surface area (Å²) in [6, 6.07) is 12.7. The van der Waals surface area contributed by atoms with Gasteiger partial charge in [-0.1, -0.05) is 18.2 Å². The molecule has 7 nitrogen and oxygen atoms in total. The molecule has 1 aromatic heterocycles. The topological polar surface area (TPSA) is 65.0 Å². The van der Waals surface area contributed by atoms with Crippen molar-refractivity contribution >= 4 is 11.8 Å². The molecule has 1 aromatic carbocycles. The Labute approximate surface area is 180 Å². The molecule has 30 heavy (non-hydrogen) atoms. The van der Waals surface area contributed by atoms with E-state index in [1.807, 2.05) is 43.4 Å². The fourth-order valence-corrected chi connectivity index (χ4v) is 3.85. The highest BCUT2D eigenvalue weighted by molar-refractivity contribution is 5.79. The highest BCUT2D eigenvalue weighted by Crippen LogP contribution is 2.31. The van der Waals surface area contributed by atoms with Gasteiger partial charge < -0.3 is 20.3 Å². The maximum Gasteiger partial charge on any atom is 0.191 e. The number of nitrogens with zero attached hydrogens (tertiary/aromatic N) is 4. The van der Waals surface area contributed by atoms with Gasteiger partial charge in [0.2, 0.25) is 0 Å². The summed E-state index contributed by atoms with van der Waals surface area (Å²) in [5, 5.41) is 6.94. The average Bonchev–Trinajstić information content (AvgIpc) is 3.31. The Morgan fingerprint density at radius 1 is 1.20 bits per heavy atom. The first-order chi connectivity index (χ1) is 14.6. The molecule has 2 aromatic rings. The number of pyridine rings is 1. The molecule has 0 aliphatic carbocycles. The normalized spacial score (nSPS) is 15.7. The third-order valence-corrected chi connectivity index (χ3v) is 5.49. The Morgan fingerprint density at radius 3 is 2.67 bits per heavy atom. The standard InChI is InChI=1S/C23H34N6O/c1-24-23(26-16-18-11-12-25-22(15-18)28(2)3)27-17-20(29-13-7-8-14-29)19-9-5-6-10-21(19)30-4/h5-6,9-12,15,20H,7-8,13-14,16-17H2,1-4H3,(H2,24,26,27). The Morgan fingerprint density at radius 2 is 1.97 bits per heavy atom. The van der Waals surface area contributed by atoms with Crippen molar-refractivity contribution < 1.29 is 4.74 Å². The van der Waals surface area contributed by atoms with Gasteiger partial charge in [-0.3, -0.25) is 9.89 Å². The van der Waals surface area contributed by atoms with Crippen molar-refractivity contribution in [1.29, 1.82) is 0 Å². The lowest BCUT2D eigenvalue weighted by molar-refractivity contribution is 0.239. The Kier molecular flexibility index (Phi) is 7.90. The minimum Gasteiger partial charge on any atom is -0.496 e. The number of para-hydroxylation sites is 1. The van der Waals surface area contributed by atoms with Gasteiger partial charge in [-0.2, -0.15) is 0 Å². The van der Waals surface area contributed by atoms with Crippen LogP contribution in [-0.4, -0.2) is 63.7 Å². The number of nitrogens with one attached hydrogen (secondary N) is 2. The first kappa shape index (κ1) is 21.9. The van der Waals surface area contributed by atoms with Crippen LogP contribution < -0.4 is 20.3 Å². The van der Waals surface area contributed by atoms with E-state index >= 15 is 0 Å². The number of guanidine groups is 1. The van der Waals surface area contributed by atoms with Gasteiger partial charge in [-0.15, -0.1) is 0 Å². The Balaban J connectivity index is 1.65. The summed E-state index contributed by atoms with van der Waals surface area (Å²) < 4.78 is 5.64. The summed E-state index contributed by atoms with van der Waals surface area (Å²) in [4.78, 5) is 13.3. The van der Waals surface area contributed by atoms with Crippen LogP contribution in [0.3, 0.4) is 0 Å². The molecule has 7 heteroatoms. The second-order valence-electron chi connectivity index (χ2n) is 7.72. The van der Waals surface area contributed by atoms with Crippen LogP contribution in [0.25, 0.3) is 0 Å². The van der Waals surface area contributed by atoms with E-state index in [2.05, 4.69) is 43.7 Å². The van der Waals surface area contributed by atoms with Crippen LogP contribution in [0, 0.1) is 0 Å². The number of aliphatic imine (C=N–C) groups is 1. The number of benzene rings is 1. The Bertz CT molecular complexity index is 832. The fraction of sp³-hybridized carbons (Fsp3) is 0.478. The number of hydrogen-bond donors (Lipinski definition) is 2. The van der Waals surface area contributed by atoms with E-state index in [-0.39, 0.29) is 6.04 Å². The molecule has 1 aliphatic heterocycles. The van der Waals surface area contributed by atoms with Gasteiger partial charge in [-0.25, -0.2) is 4.98 Å². The van der Waals surface area contributed by atoms with E-state index in [0.717, 1.165) is 42.7 Å². The second kappa shape index (κ2) is 10.8. The lowest BCUT2D eigenvalue weighted by atomic mass is 10.0. The average molecular weight is 411 g/mol. The van der Waals surface area contributed by atoms with Crippen LogP contribution in [0.1, 0.15) is 30.0 Å². The number of anilines is 1. The van der Waals surface area contributed by atoms with E-state index in [1.165, 1.54) is 18.4 Å². The van der Waals surface area contributed by atoms with Crippen molar-refractivity contribution in [2.45, 2.75) is 25.4 Å². The first-order valence-corrected chi connectivity index (χ1v) is 10.6. The van der Waals surface area contributed by atoms with Crippen LogP contribution >= 0.6 is 0 Å². The minimum atomic E-state index is 0.239. The molecule has 1 atom stereocenters. The van der Waals surface area contributed by atoms with Gasteiger partial charge in [0.05, 0.1) is 13.2 Å². The van der Waals surface area contributed by atoms with Crippen molar-refractivity contribution in [2.24, 2.45) is 4.99 Å². The predicted octanol–water partition coefficient (Wildman–Crippen LogP) is 2.66. The number of likely N-dealkylation sites (tertiary alicyclic amines) is 1. The van der Waals surface area contributed by atoms with E-state index in [9.17, 15) is 0 Å². The molecule has 0 radical (unpaired) electrons. The summed E-state index contributed by atoms with van der Waals surface area (Å²) >= 11 is 0. The molecule has 162 valence electrons. The fourth-order valence-electron chi connectivity index (χ4n) is 3.85. The van der Waals surface area contributed by atoms with E-state index in [4.69, 9.17) is 4.74 Å². The van der Waals surface area contributed by atoms with Crippen LogP contribution in [-0.2, 0) is 6.54 Å². The number of aromatic nitrogens is 1. The number of rotatable bonds is 8. The van der Waals surface area contributed by atoms with Gasteiger partial charge in [0.25, 0.3) is 0 Å². The number of ether oxygens (including phenoxy) is 1. The molecule has 3 rings (SSSR count). The van der Waals surface area contributed by atoms with Crippen molar-refractivity contribution in [3.05, 3.63) is 53.7 Å². The molecular formula is C23H34N6O. The summed E-state index contributed by atoms with van der Waals surface area (Å²) in [7, 11) is 7.54. The minimum absolute atomic E-state index is 0.239. The third-order valence-electron chi connectivity index (χ3n) is 5.49. The highest BCUT2D eigenvalue weighted by atomic mass is 16.5. The van der Waals surface area contributed by atoms with Gasteiger partial charge >= 0.3 is 0 Å². The monoisotopic (exact) mass is 410 g/mol. The zero-order valence-electron chi connectivity index (χ0n) is 18.6. The summed E-state index contributed by atoms with van der Waals surface area (Å²) in [5.41, 5.74) is 2.38. The van der Waals surface area contributed by atoms with Gasteiger partial charge in [0, 0.05) is 46.0 Å². The molecule has 0 amide bonds. The molecule has 1 aliphatic rings. The molecule has 1 unspecified atom stereocenters. The quantitative estimate of drug-likeness (QED) is 0.515. The van der Waals surface area contributed by atoms with Crippen molar-refractivity contribution in [3.8, 4) is 5.75 Å². The molecule has 0 saturated carbocycles. The van der Waals surface area contributed by atoms with Crippen molar-refractivity contribution in [3.63, 3.8) is 0 Å². The van der Waals surface area contributed by atoms with Crippen LogP contribution in [0.15, 0.2) is 47.6 Å². The molecular weight excluding hydrogens is 376 g/mol. The molecule has 1 fully saturated rings. The Hall–Kier alpha value is -2.80. The van der Waals surface area contributed by atoms with E-state index in [0.29, 0.717) is 6.54 Å². The summed E-state index contributed by atoms with van der Waals surface area (Å²) in [6.45, 7) is 3.67. The molecule has 2 N–H and O–H groups in total. The van der Waals surface area contributed by atoms with E-state index < -0.39 is 0 Å². The summed E-state index contributed by atoms with van der Waals surface area (Å²) in [5.74, 6) is 2.67. The van der Waals surface area contributed by atoms with Gasteiger partial charge in [0.1, 0.15) is 11.6 Å². The molecule has 0 spiro atoms. The number of hydrogen-bond acceptors (Lipinski definition) is 5. The maximum atomic E-state index is 5.64. The van der Waals surface area contributed by atoms with Crippen molar-refractivity contribution in [1.82, 2.24) is 20.5 Å². The van der Waals surface area contributed by atoms with Gasteiger partial charge in [0.15, 0.2) is 5.96 Å². The lowest BCUT2D eigenvalue weighted by Crippen LogP contribution is -2.42. The highest BCUT2D eigenvalue weighted by Gasteiger charge is 2.26. The van der Waals surface area contributed by atoms with E-state index in [1.54, 1.807) is 14.2 Å². The predicted molar refractivity (Wildman–Crippen MR) is 123 cm³/mol. The van der Waals surface area contributed by atoms with Crippen molar-refractivity contribution in [2.75, 3.05) is 52.8 Å². The van der Waals surface area contributed by atoms with Crippen LogP contribution in [0.5, 0.6) is 5.75 Å². The molecule has 1 saturated heterocycles. The zero-order valence-corrected chi connectivity index (χ0v) is 18.6. The molecule has 0 bridgehead atoms. The van der Waals surface area contributed by atoms with Crippen LogP contribution in [0.4, 0.5) is 5.82 Å². The number of methoxy groups -OCH3 is 1. The summed E-state index contributed by atoms with van der Waals surface area (Å²) in [6.07, 6.45) is 4.33. The second-order valence-corrected chi connectivity index (χ2v) is 7.72. The van der Waals surface area contributed by atoms with Crippen LogP contribution in [0.2, 0.25) is 0 Å². The first-order valence-electron chi connectivity index (χ1n) is 10.6. The maximum absolute atomic E-state index is 5.64. The third kappa shape index (κ3) is 5.63. The zero-order chi connectivity index (χ0) is 21.3. The largest absolute Gasteiger partial charge is 0.496 e. The van der Waals surface area contributed by atoms with Gasteiger partial charge in [-0.05, 0) is 49.7 Å². The smallest absolute Gasteiger partial charge is 0.191 e. The SMILES string of the molecule is CN=C(NCc1ccnc(N(C)C)c1)NCC(c1ccccc1OC)N1CCCC1. The molecule has 2 heterocycles.